The maximum atomic E-state index is 12.6. The Morgan fingerprint density at radius 3 is 2.48 bits per heavy atom. The Hall–Kier alpha value is -1.27. The zero-order valence-corrected chi connectivity index (χ0v) is 12.7. The maximum Gasteiger partial charge on any atom is 0.416 e. The molecule has 1 aromatic carbocycles. The number of carbonyl (C=O) groups excluding carboxylic acids is 1. The lowest BCUT2D eigenvalue weighted by molar-refractivity contribution is -0.137. The SMILES string of the molecule is CC(Cc1cccc(C(F)(F)F)c1)C(=O)N[C@@H](C)CN.Cl. The van der Waals surface area contributed by atoms with Crippen molar-refractivity contribution >= 4 is 18.3 Å². The predicted molar refractivity (Wildman–Crippen MR) is 78.2 cm³/mol. The van der Waals surface area contributed by atoms with E-state index in [-0.39, 0.29) is 30.8 Å². The molecule has 0 aromatic heterocycles. The molecule has 0 heterocycles. The van der Waals surface area contributed by atoms with Crippen molar-refractivity contribution < 1.29 is 18.0 Å². The highest BCUT2D eigenvalue weighted by Crippen LogP contribution is 2.29. The molecule has 0 radical (unpaired) electrons. The largest absolute Gasteiger partial charge is 0.416 e. The van der Waals surface area contributed by atoms with Crippen LogP contribution in [-0.4, -0.2) is 18.5 Å². The van der Waals surface area contributed by atoms with E-state index in [1.54, 1.807) is 19.9 Å². The van der Waals surface area contributed by atoms with Gasteiger partial charge in [0, 0.05) is 18.5 Å². The molecule has 0 aliphatic carbocycles. The van der Waals surface area contributed by atoms with Crippen molar-refractivity contribution in [2.45, 2.75) is 32.5 Å². The lowest BCUT2D eigenvalue weighted by Crippen LogP contribution is -2.41. The third-order valence-electron chi connectivity index (χ3n) is 2.99. The van der Waals surface area contributed by atoms with Crippen molar-refractivity contribution in [3.63, 3.8) is 0 Å². The molecular weight excluding hydrogens is 305 g/mol. The molecule has 0 spiro atoms. The van der Waals surface area contributed by atoms with Gasteiger partial charge in [0.1, 0.15) is 0 Å². The van der Waals surface area contributed by atoms with Crippen LogP contribution in [0.3, 0.4) is 0 Å². The van der Waals surface area contributed by atoms with Crippen LogP contribution in [0.4, 0.5) is 13.2 Å². The van der Waals surface area contributed by atoms with Crippen LogP contribution in [0.15, 0.2) is 24.3 Å². The zero-order chi connectivity index (χ0) is 15.3. The van der Waals surface area contributed by atoms with Gasteiger partial charge in [0.2, 0.25) is 5.91 Å². The van der Waals surface area contributed by atoms with Crippen LogP contribution in [0.5, 0.6) is 0 Å². The van der Waals surface area contributed by atoms with Gasteiger partial charge in [0.05, 0.1) is 5.56 Å². The molecular formula is C14H20ClF3N2O. The fraction of sp³-hybridized carbons (Fsp3) is 0.500. The molecule has 0 aliphatic rings. The number of benzene rings is 1. The van der Waals surface area contributed by atoms with E-state index in [1.165, 1.54) is 6.07 Å². The summed E-state index contributed by atoms with van der Waals surface area (Å²) < 4.78 is 37.8. The van der Waals surface area contributed by atoms with E-state index in [0.29, 0.717) is 12.1 Å². The van der Waals surface area contributed by atoms with E-state index in [2.05, 4.69) is 5.32 Å². The van der Waals surface area contributed by atoms with Crippen LogP contribution in [-0.2, 0) is 17.4 Å². The summed E-state index contributed by atoms with van der Waals surface area (Å²) in [5.74, 6) is -0.618. The van der Waals surface area contributed by atoms with Gasteiger partial charge in [-0.1, -0.05) is 25.1 Å². The van der Waals surface area contributed by atoms with Gasteiger partial charge in [-0.2, -0.15) is 13.2 Å². The number of amides is 1. The van der Waals surface area contributed by atoms with E-state index < -0.39 is 17.7 Å². The smallest absolute Gasteiger partial charge is 0.352 e. The Morgan fingerprint density at radius 2 is 1.95 bits per heavy atom. The Bertz CT molecular complexity index is 466. The molecule has 120 valence electrons. The fourth-order valence-corrected chi connectivity index (χ4v) is 1.76. The number of carbonyl (C=O) groups is 1. The molecule has 1 unspecified atom stereocenters. The summed E-state index contributed by atoms with van der Waals surface area (Å²) in [5.41, 5.74) is 5.19. The van der Waals surface area contributed by atoms with Gasteiger partial charge in [-0.15, -0.1) is 12.4 Å². The second-order valence-corrected chi connectivity index (χ2v) is 4.95. The average Bonchev–Trinajstić information content (AvgIpc) is 2.37. The van der Waals surface area contributed by atoms with E-state index in [4.69, 9.17) is 5.73 Å². The summed E-state index contributed by atoms with van der Waals surface area (Å²) in [6.07, 6.45) is -4.11. The van der Waals surface area contributed by atoms with Crippen LogP contribution >= 0.6 is 12.4 Å². The molecule has 1 aromatic rings. The third kappa shape index (κ3) is 6.35. The highest BCUT2D eigenvalue weighted by atomic mass is 35.5. The summed E-state index contributed by atoms with van der Waals surface area (Å²) in [6.45, 7) is 3.77. The Labute approximate surface area is 128 Å². The lowest BCUT2D eigenvalue weighted by atomic mass is 9.98. The minimum atomic E-state index is -4.37. The van der Waals surface area contributed by atoms with E-state index in [1.807, 2.05) is 0 Å². The fourth-order valence-electron chi connectivity index (χ4n) is 1.76. The Kier molecular flexibility index (Phi) is 7.74. The van der Waals surface area contributed by atoms with Crippen molar-refractivity contribution in [2.75, 3.05) is 6.54 Å². The van der Waals surface area contributed by atoms with Crippen LogP contribution in [0, 0.1) is 5.92 Å². The first-order chi connectivity index (χ1) is 9.24. The maximum absolute atomic E-state index is 12.6. The van der Waals surface area contributed by atoms with Crippen molar-refractivity contribution in [3.05, 3.63) is 35.4 Å². The van der Waals surface area contributed by atoms with Gasteiger partial charge in [0.15, 0.2) is 0 Å². The van der Waals surface area contributed by atoms with E-state index >= 15 is 0 Å². The van der Waals surface area contributed by atoms with Gasteiger partial charge in [-0.3, -0.25) is 4.79 Å². The molecule has 2 atom stereocenters. The van der Waals surface area contributed by atoms with Crippen LogP contribution < -0.4 is 11.1 Å². The molecule has 3 N–H and O–H groups in total. The second-order valence-electron chi connectivity index (χ2n) is 4.95. The number of nitrogens with two attached hydrogens (primary N) is 1. The molecule has 3 nitrogen and oxygen atoms in total. The molecule has 0 saturated carbocycles. The second kappa shape index (κ2) is 8.24. The molecule has 0 bridgehead atoms. The van der Waals surface area contributed by atoms with Gasteiger partial charge in [-0.25, -0.2) is 0 Å². The molecule has 1 amide bonds. The lowest BCUT2D eigenvalue weighted by Gasteiger charge is -2.16. The van der Waals surface area contributed by atoms with Crippen LogP contribution in [0.2, 0.25) is 0 Å². The zero-order valence-electron chi connectivity index (χ0n) is 11.9. The average molecular weight is 325 g/mol. The number of halogens is 4. The van der Waals surface area contributed by atoms with Crippen molar-refractivity contribution in [1.82, 2.24) is 5.32 Å². The molecule has 0 saturated heterocycles. The Morgan fingerprint density at radius 1 is 1.33 bits per heavy atom. The van der Waals surface area contributed by atoms with E-state index in [0.717, 1.165) is 12.1 Å². The van der Waals surface area contributed by atoms with Crippen molar-refractivity contribution in [2.24, 2.45) is 11.7 Å². The summed E-state index contributed by atoms with van der Waals surface area (Å²) in [6, 6.07) is 4.89. The first-order valence-corrected chi connectivity index (χ1v) is 6.40. The first kappa shape index (κ1) is 19.7. The summed E-state index contributed by atoms with van der Waals surface area (Å²) in [4.78, 5) is 11.8. The standard InChI is InChI=1S/C14H19F3N2O.ClH/c1-9(13(20)19-10(2)8-18)6-11-4-3-5-12(7-11)14(15,16)17;/h3-5,7,9-10H,6,8,18H2,1-2H3,(H,19,20);1H/t9?,10-;/m0./s1. The van der Waals surface area contributed by atoms with Gasteiger partial charge >= 0.3 is 6.18 Å². The predicted octanol–water partition coefficient (Wildman–Crippen LogP) is 2.77. The quantitative estimate of drug-likeness (QED) is 0.875. The topological polar surface area (TPSA) is 55.1 Å². The number of hydrogen-bond donors (Lipinski definition) is 2. The summed E-state index contributed by atoms with van der Waals surface area (Å²) >= 11 is 0. The number of rotatable bonds is 5. The van der Waals surface area contributed by atoms with Crippen LogP contribution in [0.25, 0.3) is 0 Å². The number of nitrogens with one attached hydrogen (secondary N) is 1. The summed E-state index contributed by atoms with van der Waals surface area (Å²) in [7, 11) is 0. The molecule has 0 aliphatic heterocycles. The molecule has 1 rings (SSSR count). The first-order valence-electron chi connectivity index (χ1n) is 6.40. The minimum absolute atomic E-state index is 0. The Balaban J connectivity index is 0.00000400. The summed E-state index contributed by atoms with van der Waals surface area (Å²) in [5, 5.41) is 2.71. The molecule has 7 heteroatoms. The highest BCUT2D eigenvalue weighted by molar-refractivity contribution is 5.85. The normalized spacial score (nSPS) is 14.0. The molecule has 21 heavy (non-hydrogen) atoms. The molecule has 0 fully saturated rings. The van der Waals surface area contributed by atoms with Gasteiger partial charge in [-0.05, 0) is 25.0 Å². The minimum Gasteiger partial charge on any atom is -0.352 e. The highest BCUT2D eigenvalue weighted by Gasteiger charge is 2.30. The van der Waals surface area contributed by atoms with Crippen molar-refractivity contribution in [1.29, 1.82) is 0 Å². The number of hydrogen-bond acceptors (Lipinski definition) is 2. The number of alkyl halides is 3. The van der Waals surface area contributed by atoms with Gasteiger partial charge in [0.25, 0.3) is 0 Å². The monoisotopic (exact) mass is 324 g/mol. The van der Waals surface area contributed by atoms with Gasteiger partial charge < -0.3 is 11.1 Å². The van der Waals surface area contributed by atoms with Crippen LogP contribution in [0.1, 0.15) is 25.0 Å². The third-order valence-corrected chi connectivity index (χ3v) is 2.99. The van der Waals surface area contributed by atoms with E-state index in [9.17, 15) is 18.0 Å². The van der Waals surface area contributed by atoms with Crippen molar-refractivity contribution in [3.8, 4) is 0 Å².